The van der Waals surface area contributed by atoms with E-state index in [4.69, 9.17) is 16.3 Å². The third kappa shape index (κ3) is 5.66. The topological polar surface area (TPSA) is 58.6 Å². The minimum absolute atomic E-state index is 0.108. The highest BCUT2D eigenvalue weighted by atomic mass is 35.5. The summed E-state index contributed by atoms with van der Waals surface area (Å²) in [4.78, 5) is 30.4. The smallest absolute Gasteiger partial charge is 0.259 e. The molecule has 0 spiro atoms. The minimum atomic E-state index is -0.206. The van der Waals surface area contributed by atoms with Crippen molar-refractivity contribution < 1.29 is 14.3 Å². The van der Waals surface area contributed by atoms with Crippen molar-refractivity contribution in [1.29, 1.82) is 0 Å². The van der Waals surface area contributed by atoms with Gasteiger partial charge in [-0.05, 0) is 72.6 Å². The molecule has 0 unspecified atom stereocenters. The van der Waals surface area contributed by atoms with Crippen LogP contribution in [0.3, 0.4) is 0 Å². The molecule has 0 radical (unpaired) electrons. The number of benzene rings is 4. The summed E-state index contributed by atoms with van der Waals surface area (Å²) in [7, 11) is 0. The average Bonchev–Trinajstić information content (AvgIpc) is 3.03. The number of hydrogen-bond donors (Lipinski definition) is 1. The Labute approximate surface area is 225 Å². The van der Waals surface area contributed by atoms with Crippen LogP contribution in [0.25, 0.3) is 0 Å². The zero-order valence-electron chi connectivity index (χ0n) is 20.2. The summed E-state index contributed by atoms with van der Waals surface area (Å²) >= 11 is 7.61. The fourth-order valence-corrected chi connectivity index (χ4v) is 5.33. The highest BCUT2D eigenvalue weighted by Gasteiger charge is 2.28. The fraction of sp³-hybridized carbons (Fsp3) is 0.133. The lowest BCUT2D eigenvalue weighted by Crippen LogP contribution is -2.31. The molecule has 4 aromatic rings. The van der Waals surface area contributed by atoms with E-state index in [-0.39, 0.29) is 11.8 Å². The summed E-state index contributed by atoms with van der Waals surface area (Å²) < 4.78 is 5.48. The zero-order valence-corrected chi connectivity index (χ0v) is 21.8. The molecule has 2 amide bonds. The first-order valence-corrected chi connectivity index (χ1v) is 13.2. The molecule has 1 N–H and O–H groups in total. The molecule has 7 heteroatoms. The second-order valence-electron chi connectivity index (χ2n) is 8.56. The van der Waals surface area contributed by atoms with Crippen LogP contribution >= 0.6 is 23.4 Å². The van der Waals surface area contributed by atoms with Gasteiger partial charge in [-0.1, -0.05) is 59.8 Å². The van der Waals surface area contributed by atoms with Gasteiger partial charge in [-0.25, -0.2) is 0 Å². The van der Waals surface area contributed by atoms with Crippen LogP contribution in [-0.4, -0.2) is 18.4 Å². The van der Waals surface area contributed by atoms with Crippen molar-refractivity contribution >= 4 is 40.9 Å². The summed E-state index contributed by atoms with van der Waals surface area (Å²) in [6.07, 6.45) is 0. The van der Waals surface area contributed by atoms with E-state index in [9.17, 15) is 9.59 Å². The van der Waals surface area contributed by atoms with Gasteiger partial charge in [0.25, 0.3) is 11.8 Å². The predicted octanol–water partition coefficient (Wildman–Crippen LogP) is 6.98. The van der Waals surface area contributed by atoms with Gasteiger partial charge in [0.15, 0.2) is 0 Å². The molecule has 0 saturated heterocycles. The molecule has 4 aromatic carbocycles. The van der Waals surface area contributed by atoms with Crippen LogP contribution in [0.15, 0.2) is 101 Å². The normalized spacial score (nSPS) is 12.4. The van der Waals surface area contributed by atoms with E-state index in [0.29, 0.717) is 41.5 Å². The molecule has 0 bridgehead atoms. The van der Waals surface area contributed by atoms with Crippen molar-refractivity contribution in [3.63, 3.8) is 0 Å². The van der Waals surface area contributed by atoms with Crippen LogP contribution in [-0.2, 0) is 13.1 Å². The number of rotatable bonds is 7. The van der Waals surface area contributed by atoms with Crippen LogP contribution in [0.5, 0.6) is 5.75 Å². The SMILES string of the molecule is CCOc1ccc(CNC(=O)c2ccc3c(c2)N(Cc2ccc(Cl)cc2)C(=O)c2ccccc2S3)cc1. The molecular formula is C30H25ClN2O3S. The monoisotopic (exact) mass is 528 g/mol. The highest BCUT2D eigenvalue weighted by Crippen LogP contribution is 2.42. The third-order valence-corrected chi connectivity index (χ3v) is 7.43. The molecule has 1 heterocycles. The van der Waals surface area contributed by atoms with Crippen molar-refractivity contribution in [2.24, 2.45) is 0 Å². The molecule has 1 aliphatic heterocycles. The van der Waals surface area contributed by atoms with E-state index in [1.807, 2.05) is 85.8 Å². The summed E-state index contributed by atoms with van der Waals surface area (Å²) in [6, 6.07) is 28.2. The van der Waals surface area contributed by atoms with E-state index < -0.39 is 0 Å². The number of ether oxygens (including phenoxy) is 1. The summed E-state index contributed by atoms with van der Waals surface area (Å²) in [5, 5.41) is 3.62. The maximum absolute atomic E-state index is 13.7. The van der Waals surface area contributed by atoms with Crippen LogP contribution in [0.1, 0.15) is 38.8 Å². The minimum Gasteiger partial charge on any atom is -0.494 e. The maximum atomic E-state index is 13.7. The molecule has 37 heavy (non-hydrogen) atoms. The van der Waals surface area contributed by atoms with Gasteiger partial charge < -0.3 is 15.0 Å². The quantitative estimate of drug-likeness (QED) is 0.281. The maximum Gasteiger partial charge on any atom is 0.259 e. The molecule has 0 saturated carbocycles. The molecule has 0 fully saturated rings. The molecule has 5 nitrogen and oxygen atoms in total. The van der Waals surface area contributed by atoms with Gasteiger partial charge in [0.05, 0.1) is 24.4 Å². The predicted molar refractivity (Wildman–Crippen MR) is 148 cm³/mol. The Morgan fingerprint density at radius 1 is 0.919 bits per heavy atom. The number of carbonyl (C=O) groups is 2. The Hall–Kier alpha value is -3.74. The van der Waals surface area contributed by atoms with Crippen molar-refractivity contribution in [2.75, 3.05) is 11.5 Å². The van der Waals surface area contributed by atoms with Crippen LogP contribution in [0.2, 0.25) is 5.02 Å². The Morgan fingerprint density at radius 2 is 1.65 bits per heavy atom. The molecule has 186 valence electrons. The second-order valence-corrected chi connectivity index (χ2v) is 10.1. The van der Waals surface area contributed by atoms with E-state index >= 15 is 0 Å². The van der Waals surface area contributed by atoms with Gasteiger partial charge in [-0.3, -0.25) is 9.59 Å². The summed E-state index contributed by atoms with van der Waals surface area (Å²) in [6.45, 7) is 3.29. The first-order chi connectivity index (χ1) is 18.0. The third-order valence-electron chi connectivity index (χ3n) is 6.04. The standard InChI is InChI=1S/C30H25ClN2O3S/c1-2-36-24-14-9-20(10-15-24)18-32-29(34)22-11-16-28-26(17-22)33(19-21-7-12-23(31)13-8-21)30(35)25-5-3-4-6-27(25)37-28/h3-17H,2,18-19H2,1H3,(H,32,34). The van der Waals surface area contributed by atoms with Crippen LogP contribution < -0.4 is 15.0 Å². The average molecular weight is 529 g/mol. The number of nitrogens with zero attached hydrogens (tertiary/aromatic N) is 1. The van der Waals surface area contributed by atoms with Gasteiger partial charge in [0.2, 0.25) is 0 Å². The van der Waals surface area contributed by atoms with Gasteiger partial charge in [-0.15, -0.1) is 0 Å². The van der Waals surface area contributed by atoms with Gasteiger partial charge in [-0.2, -0.15) is 0 Å². The lowest BCUT2D eigenvalue weighted by Gasteiger charge is -2.24. The number of nitrogens with one attached hydrogen (secondary N) is 1. The van der Waals surface area contributed by atoms with Gasteiger partial charge in [0, 0.05) is 26.9 Å². The molecule has 0 aliphatic carbocycles. The Kier molecular flexibility index (Phi) is 7.49. The van der Waals surface area contributed by atoms with E-state index in [1.165, 1.54) is 11.8 Å². The second kappa shape index (κ2) is 11.1. The Morgan fingerprint density at radius 3 is 2.41 bits per heavy atom. The lowest BCUT2D eigenvalue weighted by atomic mass is 10.1. The highest BCUT2D eigenvalue weighted by molar-refractivity contribution is 7.99. The Balaban J connectivity index is 1.43. The molecule has 1 aliphatic rings. The molecular weight excluding hydrogens is 504 g/mol. The number of fused-ring (bicyclic) bond motifs is 2. The molecule has 0 aromatic heterocycles. The lowest BCUT2D eigenvalue weighted by molar-refractivity contribution is 0.0947. The number of carbonyl (C=O) groups excluding carboxylic acids is 2. The van der Waals surface area contributed by atoms with Crippen molar-refractivity contribution in [2.45, 2.75) is 29.8 Å². The van der Waals surface area contributed by atoms with Crippen molar-refractivity contribution in [1.82, 2.24) is 5.32 Å². The first kappa shape index (κ1) is 24.9. The summed E-state index contributed by atoms with van der Waals surface area (Å²) in [5.74, 6) is 0.485. The van der Waals surface area contributed by atoms with Gasteiger partial charge >= 0.3 is 0 Å². The summed E-state index contributed by atoms with van der Waals surface area (Å²) in [5.41, 5.74) is 3.75. The van der Waals surface area contributed by atoms with E-state index in [2.05, 4.69) is 5.32 Å². The number of anilines is 1. The molecule has 5 rings (SSSR count). The number of halogens is 1. The largest absolute Gasteiger partial charge is 0.494 e. The van der Waals surface area contributed by atoms with Crippen molar-refractivity contribution in [3.05, 3.63) is 118 Å². The Bertz CT molecular complexity index is 1440. The van der Waals surface area contributed by atoms with Crippen LogP contribution in [0, 0.1) is 0 Å². The van der Waals surface area contributed by atoms with E-state index in [1.54, 1.807) is 17.0 Å². The van der Waals surface area contributed by atoms with Crippen molar-refractivity contribution in [3.8, 4) is 5.75 Å². The number of amides is 2. The fourth-order valence-electron chi connectivity index (χ4n) is 4.15. The zero-order chi connectivity index (χ0) is 25.8. The number of hydrogen-bond acceptors (Lipinski definition) is 4. The van der Waals surface area contributed by atoms with Gasteiger partial charge in [0.1, 0.15) is 5.75 Å². The van der Waals surface area contributed by atoms with E-state index in [0.717, 1.165) is 26.7 Å². The molecule has 0 atom stereocenters. The van der Waals surface area contributed by atoms with Crippen LogP contribution in [0.4, 0.5) is 5.69 Å². The first-order valence-electron chi connectivity index (χ1n) is 12.0.